The van der Waals surface area contributed by atoms with E-state index in [1.54, 1.807) is 26.8 Å². The zero-order chi connectivity index (χ0) is 12.3. The van der Waals surface area contributed by atoms with Gasteiger partial charge in [0.2, 0.25) is 0 Å². The van der Waals surface area contributed by atoms with Crippen LogP contribution in [0.15, 0.2) is 18.2 Å². The fourth-order valence-electron chi connectivity index (χ4n) is 0.956. The molecule has 0 heterocycles. The Balaban J connectivity index is 2.92. The van der Waals surface area contributed by atoms with E-state index in [9.17, 15) is 9.90 Å². The van der Waals surface area contributed by atoms with Gasteiger partial charge in [0.25, 0.3) is 0 Å². The number of phenols is 1. The maximum Gasteiger partial charge on any atom is 0.316 e. The molecule has 0 fully saturated rings. The lowest BCUT2D eigenvalue weighted by Gasteiger charge is -2.17. The molecule has 0 saturated carbocycles. The maximum absolute atomic E-state index is 11.6. The number of benzene rings is 1. The van der Waals surface area contributed by atoms with Crippen molar-refractivity contribution in [1.82, 2.24) is 0 Å². The molecule has 1 aromatic carbocycles. The summed E-state index contributed by atoms with van der Waals surface area (Å²) in [4.78, 5) is 11.6. The van der Waals surface area contributed by atoms with E-state index in [4.69, 9.17) is 9.47 Å². The minimum Gasteiger partial charge on any atom is -0.504 e. The van der Waals surface area contributed by atoms with E-state index in [1.165, 1.54) is 19.2 Å². The average molecular weight is 224 g/mol. The Morgan fingerprint density at radius 1 is 1.31 bits per heavy atom. The summed E-state index contributed by atoms with van der Waals surface area (Å²) in [6.45, 7) is 5.23. The van der Waals surface area contributed by atoms with Crippen LogP contribution in [0.25, 0.3) is 0 Å². The monoisotopic (exact) mass is 224 g/mol. The largest absolute Gasteiger partial charge is 0.504 e. The van der Waals surface area contributed by atoms with Crippen molar-refractivity contribution < 1.29 is 19.4 Å². The zero-order valence-electron chi connectivity index (χ0n) is 9.90. The molecule has 4 nitrogen and oxygen atoms in total. The standard InChI is InChI=1S/C12H16O4/c1-12(2,3)11(14)16-10-7-8(15-4)5-6-9(10)13/h5-7,13H,1-4H3. The van der Waals surface area contributed by atoms with Gasteiger partial charge in [-0.05, 0) is 32.9 Å². The van der Waals surface area contributed by atoms with Crippen LogP contribution in [0.2, 0.25) is 0 Å². The Morgan fingerprint density at radius 3 is 2.44 bits per heavy atom. The van der Waals surface area contributed by atoms with Crippen molar-refractivity contribution in [3.05, 3.63) is 18.2 Å². The van der Waals surface area contributed by atoms with Crippen LogP contribution in [0, 0.1) is 5.41 Å². The average Bonchev–Trinajstić information content (AvgIpc) is 2.19. The lowest BCUT2D eigenvalue weighted by molar-refractivity contribution is -0.143. The van der Waals surface area contributed by atoms with Crippen LogP contribution in [0.1, 0.15) is 20.8 Å². The second-order valence-electron chi connectivity index (χ2n) is 4.47. The molecule has 0 unspecified atom stereocenters. The van der Waals surface area contributed by atoms with Crippen molar-refractivity contribution in [2.24, 2.45) is 5.41 Å². The Hall–Kier alpha value is -1.71. The quantitative estimate of drug-likeness (QED) is 0.619. The van der Waals surface area contributed by atoms with Gasteiger partial charge >= 0.3 is 5.97 Å². The number of ether oxygens (including phenoxy) is 2. The SMILES string of the molecule is COc1ccc(O)c(OC(=O)C(C)(C)C)c1. The highest BCUT2D eigenvalue weighted by Crippen LogP contribution is 2.31. The number of aromatic hydroxyl groups is 1. The Kier molecular flexibility index (Phi) is 3.42. The molecule has 0 amide bonds. The molecule has 4 heteroatoms. The zero-order valence-corrected chi connectivity index (χ0v) is 9.90. The molecule has 0 aromatic heterocycles. The van der Waals surface area contributed by atoms with Gasteiger partial charge in [-0.3, -0.25) is 4.79 Å². The minimum atomic E-state index is -0.616. The van der Waals surface area contributed by atoms with Gasteiger partial charge in [-0.15, -0.1) is 0 Å². The molecule has 0 saturated heterocycles. The van der Waals surface area contributed by atoms with Crippen LogP contribution in [0.5, 0.6) is 17.2 Å². The summed E-state index contributed by atoms with van der Waals surface area (Å²) in [5, 5.41) is 9.51. The second kappa shape index (κ2) is 4.43. The van der Waals surface area contributed by atoms with Gasteiger partial charge < -0.3 is 14.6 Å². The summed E-state index contributed by atoms with van der Waals surface area (Å²) in [5.74, 6) is 0.142. The third kappa shape index (κ3) is 2.89. The van der Waals surface area contributed by atoms with Crippen molar-refractivity contribution in [2.45, 2.75) is 20.8 Å². The normalized spacial score (nSPS) is 11.0. The smallest absolute Gasteiger partial charge is 0.316 e. The fraction of sp³-hybridized carbons (Fsp3) is 0.417. The summed E-state index contributed by atoms with van der Waals surface area (Å²) >= 11 is 0. The van der Waals surface area contributed by atoms with Crippen molar-refractivity contribution in [3.63, 3.8) is 0 Å². The molecule has 88 valence electrons. The number of carbonyl (C=O) groups is 1. The van der Waals surface area contributed by atoms with Crippen LogP contribution >= 0.6 is 0 Å². The maximum atomic E-state index is 11.6. The number of hydrogen-bond donors (Lipinski definition) is 1. The fourth-order valence-corrected chi connectivity index (χ4v) is 0.956. The molecule has 0 atom stereocenters. The summed E-state index contributed by atoms with van der Waals surface area (Å²) in [7, 11) is 1.50. The molecule has 0 bridgehead atoms. The highest BCUT2D eigenvalue weighted by atomic mass is 16.5. The van der Waals surface area contributed by atoms with E-state index in [0.717, 1.165) is 0 Å². The van der Waals surface area contributed by atoms with Crippen molar-refractivity contribution in [2.75, 3.05) is 7.11 Å². The third-order valence-electron chi connectivity index (χ3n) is 1.98. The summed E-state index contributed by atoms with van der Waals surface area (Å²) in [5.41, 5.74) is -0.616. The molecule has 1 rings (SSSR count). The second-order valence-corrected chi connectivity index (χ2v) is 4.47. The molecule has 0 radical (unpaired) electrons. The first-order valence-electron chi connectivity index (χ1n) is 4.94. The predicted octanol–water partition coefficient (Wildman–Crippen LogP) is 2.35. The van der Waals surface area contributed by atoms with Gasteiger partial charge in [0.15, 0.2) is 11.5 Å². The van der Waals surface area contributed by atoms with Crippen LogP contribution in [-0.4, -0.2) is 18.2 Å². The molecule has 1 aromatic rings. The van der Waals surface area contributed by atoms with Gasteiger partial charge in [-0.2, -0.15) is 0 Å². The van der Waals surface area contributed by atoms with E-state index in [0.29, 0.717) is 5.75 Å². The van der Waals surface area contributed by atoms with E-state index in [1.807, 2.05) is 0 Å². The molecule has 0 aliphatic heterocycles. The molecule has 0 spiro atoms. The van der Waals surface area contributed by atoms with Crippen molar-refractivity contribution >= 4 is 5.97 Å². The molecular weight excluding hydrogens is 208 g/mol. The molecular formula is C12H16O4. The number of rotatable bonds is 2. The van der Waals surface area contributed by atoms with Crippen LogP contribution in [0.4, 0.5) is 0 Å². The Bertz CT molecular complexity index is 390. The number of phenolic OH excluding ortho intramolecular Hbond substituents is 1. The van der Waals surface area contributed by atoms with Gasteiger partial charge in [-0.1, -0.05) is 0 Å². The first kappa shape index (κ1) is 12.4. The number of hydrogen-bond acceptors (Lipinski definition) is 4. The van der Waals surface area contributed by atoms with E-state index in [2.05, 4.69) is 0 Å². The number of carbonyl (C=O) groups excluding carboxylic acids is 1. The van der Waals surface area contributed by atoms with Crippen LogP contribution in [0.3, 0.4) is 0 Å². The highest BCUT2D eigenvalue weighted by Gasteiger charge is 2.24. The summed E-state index contributed by atoms with van der Waals surface area (Å²) < 4.78 is 10.1. The van der Waals surface area contributed by atoms with E-state index < -0.39 is 11.4 Å². The van der Waals surface area contributed by atoms with Gasteiger partial charge in [0.1, 0.15) is 5.75 Å². The van der Waals surface area contributed by atoms with Crippen LogP contribution in [-0.2, 0) is 4.79 Å². The van der Waals surface area contributed by atoms with Crippen molar-refractivity contribution in [3.8, 4) is 17.2 Å². The van der Waals surface area contributed by atoms with Crippen molar-refractivity contribution in [1.29, 1.82) is 0 Å². The Labute approximate surface area is 94.8 Å². The molecule has 0 aliphatic rings. The minimum absolute atomic E-state index is 0.0848. The Morgan fingerprint density at radius 2 is 1.94 bits per heavy atom. The van der Waals surface area contributed by atoms with Gasteiger partial charge in [0.05, 0.1) is 12.5 Å². The van der Waals surface area contributed by atoms with Gasteiger partial charge in [0, 0.05) is 6.07 Å². The topological polar surface area (TPSA) is 55.8 Å². The first-order chi connectivity index (χ1) is 7.34. The summed E-state index contributed by atoms with van der Waals surface area (Å²) in [6.07, 6.45) is 0. The first-order valence-corrected chi connectivity index (χ1v) is 4.94. The lowest BCUT2D eigenvalue weighted by atomic mass is 9.97. The molecule has 1 N–H and O–H groups in total. The predicted molar refractivity (Wildman–Crippen MR) is 59.7 cm³/mol. The molecule has 0 aliphatic carbocycles. The number of esters is 1. The lowest BCUT2D eigenvalue weighted by Crippen LogP contribution is -2.25. The molecule has 16 heavy (non-hydrogen) atoms. The highest BCUT2D eigenvalue weighted by molar-refractivity contribution is 5.78. The van der Waals surface area contributed by atoms with E-state index >= 15 is 0 Å². The third-order valence-corrected chi connectivity index (χ3v) is 1.98. The summed E-state index contributed by atoms with van der Waals surface area (Å²) in [6, 6.07) is 4.48. The number of methoxy groups -OCH3 is 1. The van der Waals surface area contributed by atoms with Gasteiger partial charge in [-0.25, -0.2) is 0 Å². The van der Waals surface area contributed by atoms with E-state index in [-0.39, 0.29) is 11.5 Å². The van der Waals surface area contributed by atoms with Crippen LogP contribution < -0.4 is 9.47 Å².